The van der Waals surface area contributed by atoms with Crippen molar-refractivity contribution >= 4 is 28.4 Å². The molecule has 0 fully saturated rings. The predicted molar refractivity (Wildman–Crippen MR) is 86.9 cm³/mol. The molecule has 0 aliphatic carbocycles. The van der Waals surface area contributed by atoms with E-state index >= 15 is 0 Å². The molecule has 0 radical (unpaired) electrons. The van der Waals surface area contributed by atoms with Crippen LogP contribution in [-0.4, -0.2) is 4.98 Å². The number of hydrogen-bond donors (Lipinski definition) is 1. The molecule has 0 spiro atoms. The van der Waals surface area contributed by atoms with Gasteiger partial charge in [0.05, 0.1) is 5.52 Å². The van der Waals surface area contributed by atoms with Gasteiger partial charge in [0.25, 0.3) is 0 Å². The first-order valence-electron chi connectivity index (χ1n) is 6.66. The maximum Gasteiger partial charge on any atom is 0.126 e. The number of hydrogen-bond acceptors (Lipinski definition) is 3. The molecular weight excluding hydrogens is 283 g/mol. The molecule has 0 amide bonds. The standard InChI is InChI=1S/C17H15FN2S/c1-11-6-12(16-4-2-3-5-17(16)20-11)10-21-15-8-13(18)7-14(19)9-15/h2-9H,10,19H2,1H3. The highest BCUT2D eigenvalue weighted by Gasteiger charge is 2.06. The Balaban J connectivity index is 1.91. The lowest BCUT2D eigenvalue weighted by atomic mass is 10.1. The molecule has 1 heterocycles. The Bertz CT molecular complexity index is 782. The van der Waals surface area contributed by atoms with Crippen LogP contribution < -0.4 is 5.73 Å². The fraction of sp³-hybridized carbons (Fsp3) is 0.118. The van der Waals surface area contributed by atoms with Gasteiger partial charge in [-0.3, -0.25) is 4.98 Å². The van der Waals surface area contributed by atoms with Crippen LogP contribution >= 0.6 is 11.8 Å². The fourth-order valence-corrected chi connectivity index (χ4v) is 3.32. The van der Waals surface area contributed by atoms with Gasteiger partial charge in [0, 0.05) is 27.4 Å². The Kier molecular flexibility index (Phi) is 3.80. The molecule has 3 aromatic rings. The molecule has 0 bridgehead atoms. The first kappa shape index (κ1) is 13.9. The quantitative estimate of drug-likeness (QED) is 0.569. The third kappa shape index (κ3) is 3.16. The third-order valence-corrected chi connectivity index (χ3v) is 4.24. The minimum absolute atomic E-state index is 0.298. The second-order valence-electron chi connectivity index (χ2n) is 4.95. The maximum absolute atomic E-state index is 13.4. The first-order valence-corrected chi connectivity index (χ1v) is 7.64. The summed E-state index contributed by atoms with van der Waals surface area (Å²) in [4.78, 5) is 5.37. The van der Waals surface area contributed by atoms with Gasteiger partial charge < -0.3 is 5.73 Å². The second kappa shape index (κ2) is 5.74. The summed E-state index contributed by atoms with van der Waals surface area (Å²) in [5.41, 5.74) is 9.31. The Morgan fingerprint density at radius 1 is 1.14 bits per heavy atom. The van der Waals surface area contributed by atoms with Crippen LogP contribution in [0.4, 0.5) is 10.1 Å². The van der Waals surface area contributed by atoms with E-state index in [2.05, 4.69) is 17.1 Å². The van der Waals surface area contributed by atoms with Gasteiger partial charge in [-0.15, -0.1) is 11.8 Å². The van der Waals surface area contributed by atoms with E-state index in [9.17, 15) is 4.39 Å². The van der Waals surface area contributed by atoms with Crippen LogP contribution in [0.3, 0.4) is 0 Å². The molecule has 0 saturated carbocycles. The normalized spacial score (nSPS) is 11.0. The summed E-state index contributed by atoms with van der Waals surface area (Å²) < 4.78 is 13.4. The lowest BCUT2D eigenvalue weighted by Gasteiger charge is -2.08. The van der Waals surface area contributed by atoms with Crippen molar-refractivity contribution in [2.75, 3.05) is 5.73 Å². The monoisotopic (exact) mass is 298 g/mol. The van der Waals surface area contributed by atoms with Crippen LogP contribution in [0, 0.1) is 12.7 Å². The largest absolute Gasteiger partial charge is 0.399 e. The molecular formula is C17H15FN2S. The molecule has 2 N–H and O–H groups in total. The number of rotatable bonds is 3. The number of benzene rings is 2. The van der Waals surface area contributed by atoms with Crippen molar-refractivity contribution in [3.63, 3.8) is 0 Å². The zero-order valence-corrected chi connectivity index (χ0v) is 12.5. The Hall–Kier alpha value is -2.07. The van der Waals surface area contributed by atoms with E-state index in [0.29, 0.717) is 5.69 Å². The second-order valence-corrected chi connectivity index (χ2v) is 6.00. The summed E-state index contributed by atoms with van der Waals surface area (Å²) in [6, 6.07) is 14.8. The molecule has 2 nitrogen and oxygen atoms in total. The van der Waals surface area contributed by atoms with Gasteiger partial charge in [0.15, 0.2) is 0 Å². The molecule has 0 aliphatic rings. The number of fused-ring (bicyclic) bond motifs is 1. The molecule has 0 aliphatic heterocycles. The molecule has 1 aromatic heterocycles. The van der Waals surface area contributed by atoms with Gasteiger partial charge in [-0.2, -0.15) is 0 Å². The van der Waals surface area contributed by atoms with Gasteiger partial charge >= 0.3 is 0 Å². The number of pyridine rings is 1. The third-order valence-electron chi connectivity index (χ3n) is 3.22. The minimum atomic E-state index is -0.298. The summed E-state index contributed by atoms with van der Waals surface area (Å²) in [5, 5.41) is 1.14. The number of nitrogen functional groups attached to an aromatic ring is 1. The van der Waals surface area contributed by atoms with E-state index in [0.717, 1.165) is 27.2 Å². The molecule has 0 saturated heterocycles. The highest BCUT2D eigenvalue weighted by Crippen LogP contribution is 2.28. The van der Waals surface area contributed by atoms with Crippen LogP contribution in [0.1, 0.15) is 11.3 Å². The Labute approximate surface area is 127 Å². The first-order chi connectivity index (χ1) is 10.1. The average molecular weight is 298 g/mol. The molecule has 0 unspecified atom stereocenters. The zero-order chi connectivity index (χ0) is 14.8. The van der Waals surface area contributed by atoms with Gasteiger partial charge in [0.1, 0.15) is 5.82 Å². The van der Waals surface area contributed by atoms with E-state index < -0.39 is 0 Å². The number of nitrogens with two attached hydrogens (primary N) is 1. The Morgan fingerprint density at radius 2 is 1.95 bits per heavy atom. The van der Waals surface area contributed by atoms with Crippen molar-refractivity contribution in [2.45, 2.75) is 17.6 Å². The number of para-hydroxylation sites is 1. The summed E-state index contributed by atoms with van der Waals surface area (Å²) in [7, 11) is 0. The van der Waals surface area contributed by atoms with Crippen molar-refractivity contribution in [3.05, 3.63) is 65.6 Å². The van der Waals surface area contributed by atoms with Crippen molar-refractivity contribution in [2.24, 2.45) is 0 Å². The SMILES string of the molecule is Cc1cc(CSc2cc(N)cc(F)c2)c2ccccc2n1. The Morgan fingerprint density at radius 3 is 2.76 bits per heavy atom. The van der Waals surface area contributed by atoms with E-state index in [1.807, 2.05) is 25.1 Å². The molecule has 0 atom stereocenters. The number of nitrogens with zero attached hydrogens (tertiary/aromatic N) is 1. The van der Waals surface area contributed by atoms with Crippen LogP contribution in [-0.2, 0) is 5.75 Å². The fourth-order valence-electron chi connectivity index (χ4n) is 2.34. The van der Waals surface area contributed by atoms with Gasteiger partial charge in [-0.05, 0) is 42.8 Å². The zero-order valence-electron chi connectivity index (χ0n) is 11.6. The van der Waals surface area contributed by atoms with Crippen LogP contribution in [0.2, 0.25) is 0 Å². The molecule has 3 rings (SSSR count). The highest BCUT2D eigenvalue weighted by molar-refractivity contribution is 7.98. The lowest BCUT2D eigenvalue weighted by Crippen LogP contribution is -1.91. The average Bonchev–Trinajstić information content (AvgIpc) is 2.43. The van der Waals surface area contributed by atoms with E-state index in [4.69, 9.17) is 5.73 Å². The lowest BCUT2D eigenvalue weighted by molar-refractivity contribution is 0.625. The summed E-state index contributed by atoms with van der Waals surface area (Å²) in [5.74, 6) is 0.459. The number of aryl methyl sites for hydroxylation is 1. The summed E-state index contributed by atoms with van der Waals surface area (Å²) in [6.07, 6.45) is 0. The number of aromatic nitrogens is 1. The topological polar surface area (TPSA) is 38.9 Å². The van der Waals surface area contributed by atoms with Gasteiger partial charge in [-0.1, -0.05) is 18.2 Å². The molecule has 21 heavy (non-hydrogen) atoms. The van der Waals surface area contributed by atoms with E-state index in [-0.39, 0.29) is 5.82 Å². The minimum Gasteiger partial charge on any atom is -0.399 e. The van der Waals surface area contributed by atoms with Gasteiger partial charge in [0.2, 0.25) is 0 Å². The number of thioether (sulfide) groups is 1. The summed E-state index contributed by atoms with van der Waals surface area (Å²) in [6.45, 7) is 1.99. The van der Waals surface area contributed by atoms with Gasteiger partial charge in [-0.25, -0.2) is 4.39 Å². The van der Waals surface area contributed by atoms with Crippen molar-refractivity contribution < 1.29 is 4.39 Å². The summed E-state index contributed by atoms with van der Waals surface area (Å²) >= 11 is 1.58. The van der Waals surface area contributed by atoms with Crippen LogP contribution in [0.5, 0.6) is 0 Å². The number of halogens is 1. The van der Waals surface area contributed by atoms with Crippen molar-refractivity contribution in [1.82, 2.24) is 4.98 Å². The van der Waals surface area contributed by atoms with Crippen LogP contribution in [0.25, 0.3) is 10.9 Å². The molecule has 2 aromatic carbocycles. The highest BCUT2D eigenvalue weighted by atomic mass is 32.2. The predicted octanol–water partition coefficient (Wildman–Crippen LogP) is 4.56. The van der Waals surface area contributed by atoms with Crippen LogP contribution in [0.15, 0.2) is 53.4 Å². The van der Waals surface area contributed by atoms with Crippen molar-refractivity contribution in [3.8, 4) is 0 Å². The molecule has 106 valence electrons. The maximum atomic E-state index is 13.4. The van der Waals surface area contributed by atoms with Crippen molar-refractivity contribution in [1.29, 1.82) is 0 Å². The molecule has 4 heteroatoms. The number of anilines is 1. The smallest absolute Gasteiger partial charge is 0.126 e. The van der Waals surface area contributed by atoms with E-state index in [1.54, 1.807) is 17.8 Å². The van der Waals surface area contributed by atoms with E-state index in [1.165, 1.54) is 17.7 Å².